The molecule has 3 aromatic rings. The number of nitrogens with zero attached hydrogens (tertiary/aromatic N) is 3. The maximum atomic E-state index is 13.3. The van der Waals surface area contributed by atoms with Gasteiger partial charge in [0, 0.05) is 35.5 Å². The molecule has 1 N–H and O–H groups in total. The van der Waals surface area contributed by atoms with Crippen molar-refractivity contribution in [3.63, 3.8) is 0 Å². The monoisotopic (exact) mass is 407 g/mol. The van der Waals surface area contributed by atoms with Gasteiger partial charge in [0.15, 0.2) is 0 Å². The van der Waals surface area contributed by atoms with Gasteiger partial charge in [0.05, 0.1) is 17.7 Å². The Labute approximate surface area is 174 Å². The minimum Gasteiger partial charge on any atom is -0.391 e. The summed E-state index contributed by atoms with van der Waals surface area (Å²) in [7, 11) is 0. The standard InChI is InChI=1S/C23H22ClN3O2/c24-21-8-7-14(12-26-21)10-15-11-17-18(22-16(15)4-3-9-25-22)13-27(23(17)29)19-5-1-2-6-20(19)28/h3-4,7-9,11-12,19-20,28H,1-2,5-6,10,13H2. The summed E-state index contributed by atoms with van der Waals surface area (Å²) in [4.78, 5) is 23.9. The summed E-state index contributed by atoms with van der Waals surface area (Å²) in [6.45, 7) is 0.520. The summed E-state index contributed by atoms with van der Waals surface area (Å²) in [5, 5.41) is 12.0. The van der Waals surface area contributed by atoms with E-state index in [1.807, 2.05) is 23.1 Å². The van der Waals surface area contributed by atoms with Gasteiger partial charge < -0.3 is 10.0 Å². The van der Waals surface area contributed by atoms with Gasteiger partial charge in [0.25, 0.3) is 5.91 Å². The Hall–Kier alpha value is -2.50. The fourth-order valence-electron chi connectivity index (χ4n) is 4.72. The first-order chi connectivity index (χ1) is 14.1. The summed E-state index contributed by atoms with van der Waals surface area (Å²) in [6.07, 6.45) is 7.45. The highest BCUT2D eigenvalue weighted by molar-refractivity contribution is 6.29. The van der Waals surface area contributed by atoms with E-state index < -0.39 is 6.10 Å². The highest BCUT2D eigenvalue weighted by atomic mass is 35.5. The van der Waals surface area contributed by atoms with Crippen molar-refractivity contribution in [2.24, 2.45) is 0 Å². The third-order valence-electron chi connectivity index (χ3n) is 6.18. The molecule has 0 saturated heterocycles. The van der Waals surface area contributed by atoms with Crippen molar-refractivity contribution in [1.29, 1.82) is 0 Å². The van der Waals surface area contributed by atoms with E-state index in [1.165, 1.54) is 0 Å². The maximum absolute atomic E-state index is 13.3. The van der Waals surface area contributed by atoms with E-state index in [-0.39, 0.29) is 11.9 Å². The van der Waals surface area contributed by atoms with Crippen LogP contribution in [0.15, 0.2) is 42.7 Å². The van der Waals surface area contributed by atoms with Crippen LogP contribution in [0.5, 0.6) is 0 Å². The minimum atomic E-state index is -0.444. The van der Waals surface area contributed by atoms with Crippen LogP contribution in [0.1, 0.15) is 52.7 Å². The average Bonchev–Trinajstić information content (AvgIpc) is 3.07. The van der Waals surface area contributed by atoms with Crippen molar-refractivity contribution in [3.8, 4) is 0 Å². The summed E-state index contributed by atoms with van der Waals surface area (Å²) in [5.41, 5.74) is 4.65. The molecule has 148 valence electrons. The zero-order chi connectivity index (χ0) is 20.0. The second-order valence-electron chi connectivity index (χ2n) is 7.98. The molecule has 5 rings (SSSR count). The number of hydrogen-bond donors (Lipinski definition) is 1. The number of pyridine rings is 2. The number of hydrogen-bond acceptors (Lipinski definition) is 4. The van der Waals surface area contributed by atoms with Gasteiger partial charge in [-0.15, -0.1) is 0 Å². The number of fused-ring (bicyclic) bond motifs is 3. The van der Waals surface area contributed by atoms with Crippen LogP contribution in [-0.2, 0) is 13.0 Å². The molecule has 1 fully saturated rings. The predicted octanol–water partition coefficient (Wildman–Crippen LogP) is 4.13. The molecule has 0 spiro atoms. The maximum Gasteiger partial charge on any atom is 0.254 e. The highest BCUT2D eigenvalue weighted by Crippen LogP contribution is 2.36. The Morgan fingerprint density at radius 2 is 2.03 bits per heavy atom. The Morgan fingerprint density at radius 3 is 2.83 bits per heavy atom. The van der Waals surface area contributed by atoms with E-state index in [2.05, 4.69) is 16.0 Å². The van der Waals surface area contributed by atoms with Gasteiger partial charge in [-0.3, -0.25) is 9.78 Å². The lowest BCUT2D eigenvalue weighted by Crippen LogP contribution is -2.45. The SMILES string of the molecule is O=C1c2cc(Cc3ccc(Cl)nc3)c3cccnc3c2CN1C1CCCCC1O. The zero-order valence-corrected chi connectivity index (χ0v) is 16.8. The van der Waals surface area contributed by atoms with Crippen LogP contribution in [0.25, 0.3) is 10.9 Å². The molecule has 1 aromatic carbocycles. The van der Waals surface area contributed by atoms with Crippen LogP contribution in [0.4, 0.5) is 0 Å². The fourth-order valence-corrected chi connectivity index (χ4v) is 4.83. The molecule has 5 nitrogen and oxygen atoms in total. The largest absolute Gasteiger partial charge is 0.391 e. The van der Waals surface area contributed by atoms with Crippen molar-refractivity contribution in [1.82, 2.24) is 14.9 Å². The summed E-state index contributed by atoms with van der Waals surface area (Å²) in [5.74, 6) is 0.00832. The van der Waals surface area contributed by atoms with Gasteiger partial charge in [-0.25, -0.2) is 4.98 Å². The van der Waals surface area contributed by atoms with E-state index in [9.17, 15) is 9.90 Å². The molecular weight excluding hydrogens is 386 g/mol. The van der Waals surface area contributed by atoms with E-state index in [4.69, 9.17) is 11.6 Å². The van der Waals surface area contributed by atoms with Crippen molar-refractivity contribution in [2.75, 3.05) is 0 Å². The van der Waals surface area contributed by atoms with Crippen LogP contribution in [0.2, 0.25) is 5.15 Å². The number of aromatic nitrogens is 2. The van der Waals surface area contributed by atoms with Gasteiger partial charge in [-0.1, -0.05) is 36.6 Å². The highest BCUT2D eigenvalue weighted by Gasteiger charge is 2.38. The number of aliphatic hydroxyl groups is 1. The van der Waals surface area contributed by atoms with Gasteiger partial charge >= 0.3 is 0 Å². The van der Waals surface area contributed by atoms with Crippen LogP contribution in [-0.4, -0.2) is 38.0 Å². The van der Waals surface area contributed by atoms with Crippen LogP contribution < -0.4 is 0 Å². The van der Waals surface area contributed by atoms with E-state index in [1.54, 1.807) is 18.5 Å². The van der Waals surface area contributed by atoms with Gasteiger partial charge in [-0.2, -0.15) is 0 Å². The lowest BCUT2D eigenvalue weighted by Gasteiger charge is -2.35. The smallest absolute Gasteiger partial charge is 0.254 e. The number of carbonyl (C=O) groups excluding carboxylic acids is 1. The second-order valence-corrected chi connectivity index (χ2v) is 8.37. The molecular formula is C23H22ClN3O2. The van der Waals surface area contributed by atoms with Gasteiger partial charge in [0.1, 0.15) is 5.15 Å². The number of benzene rings is 1. The number of aliphatic hydroxyl groups excluding tert-OH is 1. The zero-order valence-electron chi connectivity index (χ0n) is 16.0. The molecule has 6 heteroatoms. The van der Waals surface area contributed by atoms with Gasteiger partial charge in [0.2, 0.25) is 0 Å². The topological polar surface area (TPSA) is 66.3 Å². The molecule has 0 bridgehead atoms. The normalized spacial score (nSPS) is 21.6. The van der Waals surface area contributed by atoms with Crippen molar-refractivity contribution in [3.05, 3.63) is 70.1 Å². The Kier molecular flexibility index (Phi) is 4.72. The van der Waals surface area contributed by atoms with Crippen LogP contribution >= 0.6 is 11.6 Å². The first kappa shape index (κ1) is 18.5. The predicted molar refractivity (Wildman–Crippen MR) is 112 cm³/mol. The third kappa shape index (κ3) is 3.28. The summed E-state index contributed by atoms with van der Waals surface area (Å²) in [6, 6.07) is 9.62. The van der Waals surface area contributed by atoms with Crippen LogP contribution in [0, 0.1) is 0 Å². The number of carbonyl (C=O) groups is 1. The van der Waals surface area contributed by atoms with Crippen molar-refractivity contribution >= 4 is 28.4 Å². The minimum absolute atomic E-state index is 0.00832. The molecule has 1 amide bonds. The molecule has 0 radical (unpaired) electrons. The average molecular weight is 408 g/mol. The number of amides is 1. The molecule has 29 heavy (non-hydrogen) atoms. The number of halogens is 1. The molecule has 1 saturated carbocycles. The van der Waals surface area contributed by atoms with Crippen LogP contribution in [0.3, 0.4) is 0 Å². The molecule has 3 heterocycles. The Bertz CT molecular complexity index is 1080. The van der Waals surface area contributed by atoms with Crippen molar-refractivity contribution in [2.45, 2.75) is 50.8 Å². The molecule has 1 aliphatic carbocycles. The molecule has 1 aliphatic heterocycles. The summed E-state index contributed by atoms with van der Waals surface area (Å²) >= 11 is 5.92. The fraction of sp³-hybridized carbons (Fsp3) is 0.348. The first-order valence-corrected chi connectivity index (χ1v) is 10.5. The molecule has 2 atom stereocenters. The quantitative estimate of drug-likeness (QED) is 0.663. The van der Waals surface area contributed by atoms with Crippen molar-refractivity contribution < 1.29 is 9.90 Å². The lowest BCUT2D eigenvalue weighted by atomic mass is 9.91. The van der Waals surface area contributed by atoms with E-state index in [0.29, 0.717) is 23.7 Å². The third-order valence-corrected chi connectivity index (χ3v) is 6.40. The first-order valence-electron chi connectivity index (χ1n) is 10.1. The second kappa shape index (κ2) is 7.39. The molecule has 2 aromatic heterocycles. The Morgan fingerprint density at radius 1 is 1.17 bits per heavy atom. The number of rotatable bonds is 3. The van der Waals surface area contributed by atoms with E-state index >= 15 is 0 Å². The van der Waals surface area contributed by atoms with E-state index in [0.717, 1.165) is 53.3 Å². The molecule has 2 aliphatic rings. The lowest BCUT2D eigenvalue weighted by molar-refractivity contribution is 0.0192. The molecule has 2 unspecified atom stereocenters. The van der Waals surface area contributed by atoms with Gasteiger partial charge in [-0.05, 0) is 48.6 Å². The summed E-state index contributed by atoms with van der Waals surface area (Å²) < 4.78 is 0. The Balaban J connectivity index is 1.56.